The third kappa shape index (κ3) is 4.77. The molecule has 138 valence electrons. The van der Waals surface area contributed by atoms with Gasteiger partial charge in [0, 0.05) is 28.6 Å². The predicted octanol–water partition coefficient (Wildman–Crippen LogP) is 2.69. The Labute approximate surface area is 162 Å². The Hall–Kier alpha value is -1.51. The largest absolute Gasteiger partial charge is 0.493 e. The first-order chi connectivity index (χ1) is 11.9. The SMILES string of the molecule is COc1cc(I)c(C(=O)N2CCCC(NC(=O)C(C)C)C2)cc1OC. The fourth-order valence-electron chi connectivity index (χ4n) is 2.84. The molecule has 1 fully saturated rings. The number of hydrogen-bond donors (Lipinski definition) is 1. The summed E-state index contributed by atoms with van der Waals surface area (Å²) >= 11 is 2.13. The summed E-state index contributed by atoms with van der Waals surface area (Å²) in [5.41, 5.74) is 0.592. The molecule has 0 aliphatic carbocycles. The molecule has 1 aliphatic rings. The van der Waals surface area contributed by atoms with Crippen LogP contribution in [0.25, 0.3) is 0 Å². The molecule has 2 rings (SSSR count). The molecular formula is C18H25IN2O4. The maximum atomic E-state index is 13.0. The molecular weight excluding hydrogens is 435 g/mol. The van der Waals surface area contributed by atoms with E-state index in [1.165, 1.54) is 0 Å². The van der Waals surface area contributed by atoms with Crippen molar-refractivity contribution in [1.29, 1.82) is 0 Å². The zero-order valence-corrected chi connectivity index (χ0v) is 17.3. The molecule has 1 N–H and O–H groups in total. The molecule has 7 heteroatoms. The summed E-state index contributed by atoms with van der Waals surface area (Å²) in [7, 11) is 3.12. The summed E-state index contributed by atoms with van der Waals surface area (Å²) in [5, 5.41) is 3.03. The molecule has 6 nitrogen and oxygen atoms in total. The lowest BCUT2D eigenvalue weighted by molar-refractivity contribution is -0.125. The summed E-state index contributed by atoms with van der Waals surface area (Å²) in [6.07, 6.45) is 1.77. The van der Waals surface area contributed by atoms with E-state index in [0.29, 0.717) is 30.2 Å². The second-order valence-electron chi connectivity index (χ2n) is 6.44. The van der Waals surface area contributed by atoms with Crippen molar-refractivity contribution in [2.45, 2.75) is 32.7 Å². The van der Waals surface area contributed by atoms with E-state index >= 15 is 0 Å². The fraction of sp³-hybridized carbons (Fsp3) is 0.556. The summed E-state index contributed by atoms with van der Waals surface area (Å²) in [6.45, 7) is 4.96. The van der Waals surface area contributed by atoms with Gasteiger partial charge in [0.25, 0.3) is 5.91 Å². The van der Waals surface area contributed by atoms with Gasteiger partial charge in [-0.1, -0.05) is 13.8 Å². The molecule has 0 aromatic heterocycles. The van der Waals surface area contributed by atoms with Gasteiger partial charge in [-0.3, -0.25) is 9.59 Å². The molecule has 0 bridgehead atoms. The number of benzene rings is 1. The molecule has 1 heterocycles. The van der Waals surface area contributed by atoms with Gasteiger partial charge in [0.15, 0.2) is 11.5 Å². The van der Waals surface area contributed by atoms with Crippen molar-refractivity contribution in [1.82, 2.24) is 10.2 Å². The minimum absolute atomic E-state index is 0.00500. The highest BCUT2D eigenvalue weighted by Crippen LogP contribution is 2.32. The molecule has 1 aromatic carbocycles. The van der Waals surface area contributed by atoms with Gasteiger partial charge >= 0.3 is 0 Å². The van der Waals surface area contributed by atoms with Gasteiger partial charge < -0.3 is 19.7 Å². The molecule has 1 aliphatic heterocycles. The molecule has 0 radical (unpaired) electrons. The summed E-state index contributed by atoms with van der Waals surface area (Å²) in [4.78, 5) is 26.7. The number of rotatable bonds is 5. The van der Waals surface area contributed by atoms with E-state index in [1.54, 1.807) is 31.3 Å². The van der Waals surface area contributed by atoms with Crippen molar-refractivity contribution in [2.75, 3.05) is 27.3 Å². The first-order valence-electron chi connectivity index (χ1n) is 8.38. The number of nitrogens with zero attached hydrogens (tertiary/aromatic N) is 1. The van der Waals surface area contributed by atoms with E-state index in [-0.39, 0.29) is 23.8 Å². The zero-order valence-electron chi connectivity index (χ0n) is 15.1. The third-order valence-corrected chi connectivity index (χ3v) is 5.18. The second kappa shape index (κ2) is 8.73. The Morgan fingerprint density at radius 3 is 2.48 bits per heavy atom. The number of halogens is 1. The smallest absolute Gasteiger partial charge is 0.255 e. The van der Waals surface area contributed by atoms with Crippen molar-refractivity contribution in [3.63, 3.8) is 0 Å². The fourth-order valence-corrected chi connectivity index (χ4v) is 3.50. The third-order valence-electron chi connectivity index (χ3n) is 4.28. The number of ether oxygens (including phenoxy) is 2. The molecule has 25 heavy (non-hydrogen) atoms. The molecule has 0 saturated carbocycles. The number of methoxy groups -OCH3 is 2. The van der Waals surface area contributed by atoms with Gasteiger partial charge in [-0.2, -0.15) is 0 Å². The maximum absolute atomic E-state index is 13.0. The Morgan fingerprint density at radius 2 is 1.88 bits per heavy atom. The van der Waals surface area contributed by atoms with Crippen LogP contribution < -0.4 is 14.8 Å². The first-order valence-corrected chi connectivity index (χ1v) is 9.46. The summed E-state index contributed by atoms with van der Waals surface area (Å²) in [5.74, 6) is 1.06. The quantitative estimate of drug-likeness (QED) is 0.687. The number of piperidine rings is 1. The normalized spacial score (nSPS) is 17.4. The summed E-state index contributed by atoms with van der Waals surface area (Å²) in [6, 6.07) is 3.53. The van der Waals surface area contributed by atoms with Crippen molar-refractivity contribution in [3.05, 3.63) is 21.3 Å². The lowest BCUT2D eigenvalue weighted by atomic mass is 10.0. The topological polar surface area (TPSA) is 67.9 Å². The van der Waals surface area contributed by atoms with Crippen molar-refractivity contribution < 1.29 is 19.1 Å². The number of hydrogen-bond acceptors (Lipinski definition) is 4. The average Bonchev–Trinajstić information content (AvgIpc) is 2.60. The van der Waals surface area contributed by atoms with Gasteiger partial charge in [-0.25, -0.2) is 0 Å². The molecule has 0 spiro atoms. The predicted molar refractivity (Wildman–Crippen MR) is 104 cm³/mol. The van der Waals surface area contributed by atoms with Crippen LogP contribution in [-0.4, -0.2) is 50.1 Å². The first kappa shape index (κ1) is 19.8. The standard InChI is InChI=1S/C18H25IN2O4/c1-11(2)17(22)20-12-6-5-7-21(10-12)18(23)13-8-15(24-3)16(25-4)9-14(13)19/h8-9,11-12H,5-7,10H2,1-4H3,(H,20,22). The van der Waals surface area contributed by atoms with Gasteiger partial charge in [0.1, 0.15) is 0 Å². The Bertz CT molecular complexity index is 648. The van der Waals surface area contributed by atoms with Gasteiger partial charge in [0.2, 0.25) is 5.91 Å². The lowest BCUT2D eigenvalue weighted by Crippen LogP contribution is -2.50. The van der Waals surface area contributed by atoms with Crippen molar-refractivity contribution in [3.8, 4) is 11.5 Å². The van der Waals surface area contributed by atoms with E-state index in [4.69, 9.17) is 9.47 Å². The van der Waals surface area contributed by atoms with Gasteiger partial charge in [-0.15, -0.1) is 0 Å². The van der Waals surface area contributed by atoms with E-state index in [0.717, 1.165) is 16.4 Å². The minimum Gasteiger partial charge on any atom is -0.493 e. The minimum atomic E-state index is -0.0575. The number of carbonyl (C=O) groups is 2. The van der Waals surface area contributed by atoms with E-state index in [1.807, 2.05) is 13.8 Å². The Kier molecular flexibility index (Phi) is 6.92. The molecule has 1 unspecified atom stereocenters. The zero-order chi connectivity index (χ0) is 18.6. The van der Waals surface area contributed by atoms with Gasteiger partial charge in [-0.05, 0) is 47.6 Å². The van der Waals surface area contributed by atoms with Crippen LogP contribution in [0.4, 0.5) is 0 Å². The van der Waals surface area contributed by atoms with E-state index in [2.05, 4.69) is 27.9 Å². The highest BCUT2D eigenvalue weighted by Gasteiger charge is 2.27. The Morgan fingerprint density at radius 1 is 1.24 bits per heavy atom. The number of carbonyl (C=O) groups excluding carboxylic acids is 2. The second-order valence-corrected chi connectivity index (χ2v) is 7.60. The van der Waals surface area contributed by atoms with Crippen LogP contribution >= 0.6 is 22.6 Å². The van der Waals surface area contributed by atoms with E-state index < -0.39 is 0 Å². The molecule has 1 atom stereocenters. The maximum Gasteiger partial charge on any atom is 0.255 e. The van der Waals surface area contributed by atoms with Crippen LogP contribution in [0.3, 0.4) is 0 Å². The van der Waals surface area contributed by atoms with Crippen molar-refractivity contribution >= 4 is 34.4 Å². The number of amides is 2. The average molecular weight is 460 g/mol. The monoisotopic (exact) mass is 460 g/mol. The van der Waals surface area contributed by atoms with Crippen LogP contribution in [-0.2, 0) is 4.79 Å². The van der Waals surface area contributed by atoms with Gasteiger partial charge in [0.05, 0.1) is 19.8 Å². The number of nitrogens with one attached hydrogen (secondary N) is 1. The van der Waals surface area contributed by atoms with Crippen molar-refractivity contribution in [2.24, 2.45) is 5.92 Å². The highest BCUT2D eigenvalue weighted by molar-refractivity contribution is 14.1. The van der Waals surface area contributed by atoms with E-state index in [9.17, 15) is 9.59 Å². The van der Waals surface area contributed by atoms with Crippen LogP contribution in [0.1, 0.15) is 37.0 Å². The summed E-state index contributed by atoms with van der Waals surface area (Å²) < 4.78 is 11.4. The molecule has 1 aromatic rings. The lowest BCUT2D eigenvalue weighted by Gasteiger charge is -2.34. The molecule has 1 saturated heterocycles. The van der Waals surface area contributed by atoms with Crippen LogP contribution in [0, 0.1) is 9.49 Å². The van der Waals surface area contributed by atoms with Crippen LogP contribution in [0.2, 0.25) is 0 Å². The highest BCUT2D eigenvalue weighted by atomic mass is 127. The Balaban J connectivity index is 2.15. The van der Waals surface area contributed by atoms with Crippen LogP contribution in [0.5, 0.6) is 11.5 Å². The number of likely N-dealkylation sites (tertiary alicyclic amines) is 1. The van der Waals surface area contributed by atoms with Crippen LogP contribution in [0.15, 0.2) is 12.1 Å². The molecule has 2 amide bonds.